The Balaban J connectivity index is 1.99. The zero-order valence-electron chi connectivity index (χ0n) is 9.57. The molecule has 1 aliphatic heterocycles. The monoisotopic (exact) mass is 209 g/mol. The van der Waals surface area contributed by atoms with E-state index in [-0.39, 0.29) is 6.10 Å². The van der Waals surface area contributed by atoms with E-state index in [0.717, 1.165) is 13.0 Å². The first-order valence-corrected chi connectivity index (χ1v) is 6.36. The summed E-state index contributed by atoms with van der Waals surface area (Å²) in [7, 11) is 0. The first-order chi connectivity index (χ1) is 7.33. The van der Waals surface area contributed by atoms with E-state index in [2.05, 4.69) is 11.5 Å². The first kappa shape index (κ1) is 11.2. The zero-order valence-corrected chi connectivity index (χ0v) is 9.57. The molecule has 1 saturated carbocycles. The quantitative estimate of drug-likeness (QED) is 0.720. The van der Waals surface area contributed by atoms with E-state index in [1.165, 1.54) is 38.6 Å². The second-order valence-electron chi connectivity index (χ2n) is 5.01. The summed E-state index contributed by atoms with van der Waals surface area (Å²) in [6.45, 7) is 6.02. The first-order valence-electron chi connectivity index (χ1n) is 6.36. The van der Waals surface area contributed by atoms with Crippen LogP contribution in [0, 0.1) is 5.92 Å². The maximum atomic E-state index is 9.97. The van der Waals surface area contributed by atoms with Gasteiger partial charge < -0.3 is 5.11 Å². The van der Waals surface area contributed by atoms with Crippen molar-refractivity contribution in [2.24, 2.45) is 5.92 Å². The Morgan fingerprint density at radius 1 is 1.20 bits per heavy atom. The minimum Gasteiger partial charge on any atom is -0.393 e. The Bertz CT molecular complexity index is 217. The number of rotatable bonds is 3. The van der Waals surface area contributed by atoms with E-state index >= 15 is 0 Å². The van der Waals surface area contributed by atoms with Gasteiger partial charge in [0, 0.05) is 18.5 Å². The van der Waals surface area contributed by atoms with Gasteiger partial charge in [-0.05, 0) is 32.2 Å². The molecule has 1 heterocycles. The lowest BCUT2D eigenvalue weighted by Crippen LogP contribution is -2.46. The summed E-state index contributed by atoms with van der Waals surface area (Å²) >= 11 is 0. The Hall–Kier alpha value is -0.340. The van der Waals surface area contributed by atoms with Crippen molar-refractivity contribution < 1.29 is 5.11 Å². The molecule has 15 heavy (non-hydrogen) atoms. The van der Waals surface area contributed by atoms with Gasteiger partial charge in [0.1, 0.15) is 0 Å². The molecule has 3 atom stereocenters. The standard InChI is InChI=1S/C13H23NO/c1-2-9-14-10-4-3-7-12(14)11-6-5-8-13(11)15/h2,11-13,15H,1,3-10H2. The topological polar surface area (TPSA) is 23.5 Å². The van der Waals surface area contributed by atoms with E-state index in [4.69, 9.17) is 0 Å². The van der Waals surface area contributed by atoms with Crippen LogP contribution in [0.2, 0.25) is 0 Å². The van der Waals surface area contributed by atoms with Crippen LogP contribution in [0.5, 0.6) is 0 Å². The van der Waals surface area contributed by atoms with Crippen LogP contribution >= 0.6 is 0 Å². The molecule has 1 saturated heterocycles. The summed E-state index contributed by atoms with van der Waals surface area (Å²) in [5.41, 5.74) is 0. The highest BCUT2D eigenvalue weighted by Crippen LogP contribution is 2.34. The van der Waals surface area contributed by atoms with Gasteiger partial charge in [-0.1, -0.05) is 18.9 Å². The third-order valence-corrected chi connectivity index (χ3v) is 4.05. The van der Waals surface area contributed by atoms with Crippen LogP contribution in [0.1, 0.15) is 38.5 Å². The molecule has 86 valence electrons. The predicted molar refractivity (Wildman–Crippen MR) is 62.8 cm³/mol. The van der Waals surface area contributed by atoms with E-state index in [9.17, 15) is 5.11 Å². The lowest BCUT2D eigenvalue weighted by Gasteiger charge is -2.39. The van der Waals surface area contributed by atoms with Crippen LogP contribution in [0.3, 0.4) is 0 Å². The molecule has 0 bridgehead atoms. The highest BCUT2D eigenvalue weighted by Gasteiger charge is 2.36. The molecule has 0 radical (unpaired) electrons. The Kier molecular flexibility index (Phi) is 3.81. The number of likely N-dealkylation sites (tertiary alicyclic amines) is 1. The fourth-order valence-corrected chi connectivity index (χ4v) is 3.31. The Morgan fingerprint density at radius 2 is 2.07 bits per heavy atom. The molecule has 2 fully saturated rings. The van der Waals surface area contributed by atoms with Crippen LogP contribution < -0.4 is 0 Å². The van der Waals surface area contributed by atoms with Crippen molar-refractivity contribution in [3.05, 3.63) is 12.7 Å². The summed E-state index contributed by atoms with van der Waals surface area (Å²) in [4.78, 5) is 2.52. The molecule has 0 spiro atoms. The summed E-state index contributed by atoms with van der Waals surface area (Å²) in [5, 5.41) is 9.97. The minimum absolute atomic E-state index is 0.0413. The molecule has 2 aliphatic rings. The van der Waals surface area contributed by atoms with E-state index in [1.54, 1.807) is 0 Å². The van der Waals surface area contributed by atoms with Gasteiger partial charge in [-0.15, -0.1) is 6.58 Å². The third kappa shape index (κ3) is 2.43. The maximum absolute atomic E-state index is 9.97. The molecule has 1 N–H and O–H groups in total. The van der Waals surface area contributed by atoms with Gasteiger partial charge in [-0.2, -0.15) is 0 Å². The van der Waals surface area contributed by atoms with Gasteiger partial charge in [-0.3, -0.25) is 4.90 Å². The van der Waals surface area contributed by atoms with Crippen molar-refractivity contribution in [1.82, 2.24) is 4.90 Å². The Labute approximate surface area is 93.0 Å². The maximum Gasteiger partial charge on any atom is 0.0583 e. The van der Waals surface area contributed by atoms with Crippen molar-refractivity contribution in [3.63, 3.8) is 0 Å². The van der Waals surface area contributed by atoms with Gasteiger partial charge >= 0.3 is 0 Å². The van der Waals surface area contributed by atoms with Crippen LogP contribution in [0.4, 0.5) is 0 Å². The van der Waals surface area contributed by atoms with Crippen LogP contribution in [-0.4, -0.2) is 35.2 Å². The second-order valence-corrected chi connectivity index (χ2v) is 5.01. The van der Waals surface area contributed by atoms with Crippen LogP contribution in [0.25, 0.3) is 0 Å². The number of piperidine rings is 1. The second kappa shape index (κ2) is 5.13. The van der Waals surface area contributed by atoms with Crippen molar-refractivity contribution in [3.8, 4) is 0 Å². The number of aliphatic hydroxyl groups is 1. The lowest BCUT2D eigenvalue weighted by molar-refractivity contribution is 0.0417. The average Bonchev–Trinajstić information content (AvgIpc) is 2.66. The highest BCUT2D eigenvalue weighted by molar-refractivity contribution is 4.92. The van der Waals surface area contributed by atoms with Gasteiger partial charge in [0.25, 0.3) is 0 Å². The summed E-state index contributed by atoms with van der Waals surface area (Å²) < 4.78 is 0. The van der Waals surface area contributed by atoms with E-state index in [0.29, 0.717) is 12.0 Å². The average molecular weight is 209 g/mol. The number of hydrogen-bond donors (Lipinski definition) is 1. The fraction of sp³-hybridized carbons (Fsp3) is 0.846. The van der Waals surface area contributed by atoms with E-state index < -0.39 is 0 Å². The number of nitrogens with zero attached hydrogens (tertiary/aromatic N) is 1. The summed E-state index contributed by atoms with van der Waals surface area (Å²) in [6.07, 6.45) is 9.33. The van der Waals surface area contributed by atoms with E-state index in [1.807, 2.05) is 6.08 Å². The molecule has 0 aromatic carbocycles. The Morgan fingerprint density at radius 3 is 2.73 bits per heavy atom. The predicted octanol–water partition coefficient (Wildman–Crippen LogP) is 2.19. The third-order valence-electron chi connectivity index (χ3n) is 4.05. The SMILES string of the molecule is C=CCN1CCCCC1C1CCCC1O. The molecular weight excluding hydrogens is 186 g/mol. The van der Waals surface area contributed by atoms with Crippen LogP contribution in [0.15, 0.2) is 12.7 Å². The largest absolute Gasteiger partial charge is 0.393 e. The molecule has 1 aliphatic carbocycles. The van der Waals surface area contributed by atoms with Gasteiger partial charge in [0.05, 0.1) is 6.10 Å². The van der Waals surface area contributed by atoms with Crippen molar-refractivity contribution in [1.29, 1.82) is 0 Å². The molecule has 0 aromatic heterocycles. The molecule has 0 aromatic rings. The van der Waals surface area contributed by atoms with Crippen LogP contribution in [-0.2, 0) is 0 Å². The molecular formula is C13H23NO. The van der Waals surface area contributed by atoms with Gasteiger partial charge in [0.15, 0.2) is 0 Å². The smallest absolute Gasteiger partial charge is 0.0583 e. The summed E-state index contributed by atoms with van der Waals surface area (Å²) in [6, 6.07) is 0.620. The van der Waals surface area contributed by atoms with Gasteiger partial charge in [0.2, 0.25) is 0 Å². The molecule has 2 nitrogen and oxygen atoms in total. The van der Waals surface area contributed by atoms with Crippen molar-refractivity contribution in [2.75, 3.05) is 13.1 Å². The lowest BCUT2D eigenvalue weighted by atomic mass is 9.88. The molecule has 3 unspecified atom stereocenters. The molecule has 2 rings (SSSR count). The molecule has 0 amide bonds. The minimum atomic E-state index is -0.0413. The normalized spacial score (nSPS) is 38.1. The van der Waals surface area contributed by atoms with Gasteiger partial charge in [-0.25, -0.2) is 0 Å². The summed E-state index contributed by atoms with van der Waals surface area (Å²) in [5.74, 6) is 0.533. The zero-order chi connectivity index (χ0) is 10.7. The number of aliphatic hydroxyl groups excluding tert-OH is 1. The number of hydrogen-bond acceptors (Lipinski definition) is 2. The van der Waals surface area contributed by atoms with Crippen molar-refractivity contribution >= 4 is 0 Å². The molecule has 2 heteroatoms. The fourth-order valence-electron chi connectivity index (χ4n) is 3.31. The highest BCUT2D eigenvalue weighted by atomic mass is 16.3. The van der Waals surface area contributed by atoms with Crippen molar-refractivity contribution in [2.45, 2.75) is 50.7 Å².